The van der Waals surface area contributed by atoms with Crippen LogP contribution in [-0.4, -0.2) is 15.0 Å². The van der Waals surface area contributed by atoms with E-state index in [-0.39, 0.29) is 0 Å². The van der Waals surface area contributed by atoms with Crippen LogP contribution in [0.15, 0.2) is 114 Å². The van der Waals surface area contributed by atoms with E-state index in [1.165, 1.54) is 0 Å². The van der Waals surface area contributed by atoms with Crippen LogP contribution < -0.4 is 0 Å². The van der Waals surface area contributed by atoms with E-state index in [4.69, 9.17) is 31.0 Å². The number of hydrogen-bond donors (Lipinski definition) is 0. The number of fused-ring (bicyclic) bond motifs is 5. The molecule has 0 atom stereocenters. The first-order valence-corrected chi connectivity index (χ1v) is 12.0. The molecular weight excluding hydrogens is 466 g/mol. The van der Waals surface area contributed by atoms with Crippen LogP contribution >= 0.6 is 11.6 Å². The third-order valence-corrected chi connectivity index (χ3v) is 6.61. The molecule has 0 aliphatic rings. The van der Waals surface area contributed by atoms with Gasteiger partial charge in [-0.25, -0.2) is 15.0 Å². The van der Waals surface area contributed by atoms with Crippen LogP contribution in [0.25, 0.3) is 66.9 Å². The van der Waals surface area contributed by atoms with Crippen molar-refractivity contribution in [2.75, 3.05) is 0 Å². The van der Waals surface area contributed by atoms with Gasteiger partial charge in [0.05, 0.1) is 0 Å². The van der Waals surface area contributed by atoms with Crippen molar-refractivity contribution in [2.24, 2.45) is 0 Å². The first-order valence-electron chi connectivity index (χ1n) is 11.6. The van der Waals surface area contributed by atoms with E-state index in [1.54, 1.807) is 0 Å². The summed E-state index contributed by atoms with van der Waals surface area (Å²) in [5, 5.41) is 5.04. The molecule has 4 nitrogen and oxygen atoms in total. The maximum atomic E-state index is 6.38. The van der Waals surface area contributed by atoms with Crippen LogP contribution in [-0.2, 0) is 0 Å². The number of hydrogen-bond acceptors (Lipinski definition) is 4. The molecule has 2 aromatic heterocycles. The highest BCUT2D eigenvalue weighted by molar-refractivity contribution is 6.30. The van der Waals surface area contributed by atoms with Crippen molar-refractivity contribution >= 4 is 44.3 Å². The maximum Gasteiger partial charge on any atom is 0.164 e. The summed E-state index contributed by atoms with van der Waals surface area (Å²) in [5.41, 5.74) is 4.29. The minimum Gasteiger partial charge on any atom is -0.455 e. The summed E-state index contributed by atoms with van der Waals surface area (Å²) in [6.45, 7) is 0. The second-order valence-electron chi connectivity index (χ2n) is 8.66. The van der Waals surface area contributed by atoms with Gasteiger partial charge in [-0.1, -0.05) is 90.5 Å². The van der Waals surface area contributed by atoms with Crippen LogP contribution in [0.5, 0.6) is 0 Å². The van der Waals surface area contributed by atoms with Gasteiger partial charge in [0.2, 0.25) is 0 Å². The molecule has 2 heterocycles. The van der Waals surface area contributed by atoms with Gasteiger partial charge in [0.1, 0.15) is 11.2 Å². The van der Waals surface area contributed by atoms with E-state index in [9.17, 15) is 0 Å². The quantitative estimate of drug-likeness (QED) is 0.252. The van der Waals surface area contributed by atoms with Crippen molar-refractivity contribution in [3.63, 3.8) is 0 Å². The van der Waals surface area contributed by atoms with Gasteiger partial charge in [-0.2, -0.15) is 0 Å². The fraction of sp³-hybridized carbons (Fsp3) is 0. The molecule has 170 valence electrons. The maximum absolute atomic E-state index is 6.38. The third-order valence-electron chi connectivity index (χ3n) is 6.37. The van der Waals surface area contributed by atoms with Gasteiger partial charge >= 0.3 is 0 Å². The molecule has 7 rings (SSSR count). The van der Waals surface area contributed by atoms with Crippen molar-refractivity contribution in [1.82, 2.24) is 15.0 Å². The van der Waals surface area contributed by atoms with Crippen LogP contribution in [0.1, 0.15) is 0 Å². The Kier molecular flexibility index (Phi) is 4.79. The van der Waals surface area contributed by atoms with Crippen molar-refractivity contribution in [3.8, 4) is 34.2 Å². The van der Waals surface area contributed by atoms with Crippen molar-refractivity contribution in [3.05, 3.63) is 114 Å². The molecule has 0 saturated carbocycles. The summed E-state index contributed by atoms with van der Waals surface area (Å²) in [6.07, 6.45) is 0. The Balaban J connectivity index is 1.44. The van der Waals surface area contributed by atoms with Gasteiger partial charge < -0.3 is 4.42 Å². The number of halogens is 1. The lowest BCUT2D eigenvalue weighted by atomic mass is 10.1. The highest BCUT2D eigenvalue weighted by Crippen LogP contribution is 2.36. The van der Waals surface area contributed by atoms with Gasteiger partial charge in [-0.15, -0.1) is 0 Å². The predicted octanol–water partition coefficient (Wildman–Crippen LogP) is 8.58. The van der Waals surface area contributed by atoms with Gasteiger partial charge in [0, 0.05) is 37.9 Å². The van der Waals surface area contributed by atoms with Gasteiger partial charge in [0.25, 0.3) is 0 Å². The average molecular weight is 484 g/mol. The van der Waals surface area contributed by atoms with Crippen LogP contribution in [0.4, 0.5) is 0 Å². The average Bonchev–Trinajstić information content (AvgIpc) is 3.32. The number of nitrogens with zero attached hydrogens (tertiary/aromatic N) is 3. The van der Waals surface area contributed by atoms with Crippen LogP contribution in [0, 0.1) is 0 Å². The van der Waals surface area contributed by atoms with E-state index >= 15 is 0 Å². The second-order valence-corrected chi connectivity index (χ2v) is 9.10. The normalized spacial score (nSPS) is 11.5. The zero-order chi connectivity index (χ0) is 24.1. The predicted molar refractivity (Wildman–Crippen MR) is 146 cm³/mol. The van der Waals surface area contributed by atoms with E-state index in [0.717, 1.165) is 49.4 Å². The standard InChI is InChI=1S/C31H18ClN3O/c32-23-11-6-10-21(17-23)30-33-29(20-8-2-1-3-9-20)34-31(35-30)22-14-15-25-26-16-13-19-7-4-5-12-24(19)28(26)36-27(25)18-22/h1-18H. The molecule has 0 radical (unpaired) electrons. The molecule has 0 aliphatic heterocycles. The third kappa shape index (κ3) is 3.51. The first kappa shape index (κ1) is 20.8. The Labute approximate surface area is 211 Å². The van der Waals surface area contributed by atoms with E-state index in [0.29, 0.717) is 22.5 Å². The minimum absolute atomic E-state index is 0.567. The Hall–Kier alpha value is -4.54. The lowest BCUT2D eigenvalue weighted by molar-refractivity contribution is 0.673. The molecule has 0 amide bonds. The molecule has 5 aromatic carbocycles. The van der Waals surface area contributed by atoms with E-state index in [2.05, 4.69) is 30.3 Å². The Morgan fingerprint density at radius 3 is 1.97 bits per heavy atom. The first-order chi connectivity index (χ1) is 17.7. The number of benzene rings is 5. The highest BCUT2D eigenvalue weighted by atomic mass is 35.5. The summed E-state index contributed by atoms with van der Waals surface area (Å²) >= 11 is 6.27. The van der Waals surface area contributed by atoms with Gasteiger partial charge in [-0.3, -0.25) is 0 Å². The number of aromatic nitrogens is 3. The van der Waals surface area contributed by atoms with Crippen molar-refractivity contribution < 1.29 is 4.42 Å². The summed E-state index contributed by atoms with van der Waals surface area (Å²) in [6, 6.07) is 36.1. The second kappa shape index (κ2) is 8.29. The Morgan fingerprint density at radius 2 is 1.17 bits per heavy atom. The smallest absolute Gasteiger partial charge is 0.164 e. The van der Waals surface area contributed by atoms with E-state index < -0.39 is 0 Å². The molecule has 7 aromatic rings. The summed E-state index contributed by atoms with van der Waals surface area (Å²) < 4.78 is 6.38. The van der Waals surface area contributed by atoms with Crippen molar-refractivity contribution in [1.29, 1.82) is 0 Å². The molecule has 0 spiro atoms. The summed E-state index contributed by atoms with van der Waals surface area (Å²) in [5.74, 6) is 1.74. The fourth-order valence-electron chi connectivity index (χ4n) is 4.62. The highest BCUT2D eigenvalue weighted by Gasteiger charge is 2.15. The molecule has 0 N–H and O–H groups in total. The summed E-state index contributed by atoms with van der Waals surface area (Å²) in [4.78, 5) is 14.4. The molecular formula is C31H18ClN3O. The molecule has 36 heavy (non-hydrogen) atoms. The number of furan rings is 1. The largest absolute Gasteiger partial charge is 0.455 e. The van der Waals surface area contributed by atoms with Crippen LogP contribution in [0.2, 0.25) is 5.02 Å². The fourth-order valence-corrected chi connectivity index (χ4v) is 4.81. The molecule has 0 unspecified atom stereocenters. The Bertz CT molecular complexity index is 1910. The van der Waals surface area contributed by atoms with Crippen LogP contribution in [0.3, 0.4) is 0 Å². The zero-order valence-corrected chi connectivity index (χ0v) is 19.8. The van der Waals surface area contributed by atoms with E-state index in [1.807, 2.05) is 78.9 Å². The van der Waals surface area contributed by atoms with Crippen molar-refractivity contribution in [2.45, 2.75) is 0 Å². The lowest BCUT2D eigenvalue weighted by Gasteiger charge is -2.08. The molecule has 0 saturated heterocycles. The zero-order valence-electron chi connectivity index (χ0n) is 19.0. The lowest BCUT2D eigenvalue weighted by Crippen LogP contribution is -2.00. The van der Waals surface area contributed by atoms with Gasteiger partial charge in [-0.05, 0) is 35.7 Å². The minimum atomic E-state index is 0.567. The summed E-state index contributed by atoms with van der Waals surface area (Å²) in [7, 11) is 0. The Morgan fingerprint density at radius 1 is 0.500 bits per heavy atom. The molecule has 0 aliphatic carbocycles. The SMILES string of the molecule is Clc1cccc(-c2nc(-c3ccccc3)nc(-c3ccc4c(c3)oc3c5ccccc5ccc43)n2)c1. The van der Waals surface area contributed by atoms with Gasteiger partial charge in [0.15, 0.2) is 17.5 Å². The molecule has 5 heteroatoms. The molecule has 0 fully saturated rings. The monoisotopic (exact) mass is 483 g/mol. The molecule has 0 bridgehead atoms. The topological polar surface area (TPSA) is 51.8 Å². The number of rotatable bonds is 3.